The van der Waals surface area contributed by atoms with Gasteiger partial charge in [-0.2, -0.15) is 0 Å². The van der Waals surface area contributed by atoms with Crippen LogP contribution in [-0.4, -0.2) is 12.6 Å². The molecule has 0 bridgehead atoms. The van der Waals surface area contributed by atoms with Crippen molar-refractivity contribution in [1.29, 1.82) is 0 Å². The Morgan fingerprint density at radius 2 is 1.86 bits per heavy atom. The smallest absolute Gasteiger partial charge is 0.308 e. The minimum Gasteiger partial charge on any atom is -0.461 e. The van der Waals surface area contributed by atoms with Crippen LogP contribution >= 0.6 is 0 Å². The summed E-state index contributed by atoms with van der Waals surface area (Å²) in [5.74, 6) is -0.172. The maximum absolute atomic E-state index is 11.4. The van der Waals surface area contributed by atoms with Gasteiger partial charge in [0.05, 0.1) is 5.92 Å². The summed E-state index contributed by atoms with van der Waals surface area (Å²) in [6.45, 7) is 8.27. The summed E-state index contributed by atoms with van der Waals surface area (Å²) in [6.07, 6.45) is 6.73. The normalized spacial score (nSPS) is 11.8. The lowest BCUT2D eigenvalue weighted by molar-refractivity contribution is -0.146. The molecular formula is C19H28O2. The highest BCUT2D eigenvalue weighted by Gasteiger charge is 2.07. The van der Waals surface area contributed by atoms with E-state index in [0.717, 1.165) is 18.4 Å². The second-order valence-corrected chi connectivity index (χ2v) is 6.04. The number of rotatable bonds is 8. The van der Waals surface area contributed by atoms with Crippen LogP contribution in [0.2, 0.25) is 0 Å². The van der Waals surface area contributed by atoms with E-state index in [0.29, 0.717) is 6.61 Å². The number of hydrogen-bond donors (Lipinski definition) is 0. The van der Waals surface area contributed by atoms with Crippen LogP contribution in [0.4, 0.5) is 0 Å². The largest absolute Gasteiger partial charge is 0.461 e. The minimum absolute atomic E-state index is 0.0488. The van der Waals surface area contributed by atoms with Crippen LogP contribution in [0, 0.1) is 12.8 Å². The molecule has 0 unspecified atom stereocenters. The molecule has 1 aromatic carbocycles. The molecule has 2 nitrogen and oxygen atoms in total. The molecule has 116 valence electrons. The highest BCUT2D eigenvalue weighted by molar-refractivity contribution is 5.71. The van der Waals surface area contributed by atoms with Gasteiger partial charge in [0.2, 0.25) is 0 Å². The Morgan fingerprint density at radius 3 is 2.48 bits per heavy atom. The molecule has 0 aliphatic heterocycles. The predicted octanol–water partition coefficient (Wildman–Crippen LogP) is 4.85. The van der Waals surface area contributed by atoms with Crippen LogP contribution < -0.4 is 0 Å². The first-order chi connectivity index (χ1) is 9.99. The number of aryl methyl sites for hydroxylation is 2. The molecule has 0 N–H and O–H groups in total. The van der Waals surface area contributed by atoms with Gasteiger partial charge in [-0.25, -0.2) is 0 Å². The van der Waals surface area contributed by atoms with Gasteiger partial charge in [-0.3, -0.25) is 4.79 Å². The summed E-state index contributed by atoms with van der Waals surface area (Å²) in [7, 11) is 0. The average Bonchev–Trinajstić information content (AvgIpc) is 2.46. The van der Waals surface area contributed by atoms with Crippen LogP contribution in [0.5, 0.6) is 0 Å². The molecule has 0 amide bonds. The average molecular weight is 288 g/mol. The highest BCUT2D eigenvalue weighted by atomic mass is 16.5. The quantitative estimate of drug-likeness (QED) is 0.388. The number of hydrogen-bond acceptors (Lipinski definition) is 2. The molecule has 21 heavy (non-hydrogen) atoms. The van der Waals surface area contributed by atoms with Crippen molar-refractivity contribution in [2.24, 2.45) is 5.92 Å². The van der Waals surface area contributed by atoms with Gasteiger partial charge in [0.15, 0.2) is 0 Å². The maximum Gasteiger partial charge on any atom is 0.308 e. The first-order valence-electron chi connectivity index (χ1n) is 7.87. The van der Waals surface area contributed by atoms with E-state index in [1.807, 2.05) is 20.8 Å². The molecule has 0 spiro atoms. The number of ether oxygens (including phenoxy) is 1. The van der Waals surface area contributed by atoms with Gasteiger partial charge in [0.1, 0.15) is 6.61 Å². The number of unbranched alkanes of at least 4 members (excludes halogenated alkanes) is 2. The Morgan fingerprint density at radius 1 is 1.19 bits per heavy atom. The summed E-state index contributed by atoms with van der Waals surface area (Å²) < 4.78 is 5.20. The molecule has 0 heterocycles. The van der Waals surface area contributed by atoms with Crippen molar-refractivity contribution in [1.82, 2.24) is 0 Å². The molecule has 1 aromatic rings. The van der Waals surface area contributed by atoms with Crippen molar-refractivity contribution in [3.8, 4) is 0 Å². The zero-order chi connectivity index (χ0) is 15.7. The van der Waals surface area contributed by atoms with E-state index in [1.165, 1.54) is 24.0 Å². The van der Waals surface area contributed by atoms with Crippen LogP contribution in [0.3, 0.4) is 0 Å². The van der Waals surface area contributed by atoms with E-state index in [4.69, 9.17) is 4.74 Å². The molecule has 1 rings (SSSR count). The summed E-state index contributed by atoms with van der Waals surface area (Å²) in [6, 6.07) is 8.76. The Labute approximate surface area is 129 Å². The number of esters is 1. The monoisotopic (exact) mass is 288 g/mol. The Hall–Kier alpha value is -1.57. The van der Waals surface area contributed by atoms with Gasteiger partial charge >= 0.3 is 5.97 Å². The lowest BCUT2D eigenvalue weighted by Gasteiger charge is -2.07. The molecule has 0 saturated heterocycles. The van der Waals surface area contributed by atoms with Gasteiger partial charge in [0.25, 0.3) is 0 Å². The van der Waals surface area contributed by atoms with Gasteiger partial charge in [-0.05, 0) is 50.7 Å². The number of allylic oxidation sites excluding steroid dienone is 1. The highest BCUT2D eigenvalue weighted by Crippen LogP contribution is 2.09. The third-order valence-electron chi connectivity index (χ3n) is 3.45. The second-order valence-electron chi connectivity index (χ2n) is 6.04. The molecule has 0 aromatic heterocycles. The standard InChI is InChI=1S/C19H28O2/c1-15(2)19(20)21-14-17(4)8-6-5-7-9-18-12-10-16(3)11-13-18/h8,10-13,15H,5-7,9,14H2,1-4H3/b17-8+. The van der Waals surface area contributed by atoms with E-state index in [2.05, 4.69) is 37.3 Å². The van der Waals surface area contributed by atoms with Gasteiger partial charge in [0, 0.05) is 0 Å². The topological polar surface area (TPSA) is 26.3 Å². The zero-order valence-electron chi connectivity index (χ0n) is 13.8. The van der Waals surface area contributed by atoms with Crippen molar-refractivity contribution < 1.29 is 9.53 Å². The van der Waals surface area contributed by atoms with Crippen molar-refractivity contribution in [2.75, 3.05) is 6.61 Å². The van der Waals surface area contributed by atoms with Crippen LogP contribution in [0.25, 0.3) is 0 Å². The molecule has 0 fully saturated rings. The molecule has 0 saturated carbocycles. The Bertz CT molecular complexity index is 455. The van der Waals surface area contributed by atoms with E-state index in [-0.39, 0.29) is 11.9 Å². The number of carbonyl (C=O) groups is 1. The van der Waals surface area contributed by atoms with Crippen molar-refractivity contribution >= 4 is 5.97 Å². The second kappa shape index (κ2) is 9.38. The van der Waals surface area contributed by atoms with E-state index < -0.39 is 0 Å². The zero-order valence-corrected chi connectivity index (χ0v) is 13.8. The molecule has 0 radical (unpaired) electrons. The van der Waals surface area contributed by atoms with E-state index >= 15 is 0 Å². The lowest BCUT2D eigenvalue weighted by Crippen LogP contribution is -2.12. The fraction of sp³-hybridized carbons (Fsp3) is 0.526. The fourth-order valence-corrected chi connectivity index (χ4v) is 1.99. The van der Waals surface area contributed by atoms with Gasteiger partial charge < -0.3 is 4.74 Å². The maximum atomic E-state index is 11.4. The third kappa shape index (κ3) is 7.69. The summed E-state index contributed by atoms with van der Waals surface area (Å²) in [5, 5.41) is 0. The van der Waals surface area contributed by atoms with Crippen LogP contribution in [0.15, 0.2) is 35.9 Å². The molecular weight excluding hydrogens is 260 g/mol. The van der Waals surface area contributed by atoms with Crippen molar-refractivity contribution in [3.63, 3.8) is 0 Å². The van der Waals surface area contributed by atoms with Crippen molar-refractivity contribution in [3.05, 3.63) is 47.0 Å². The fourth-order valence-electron chi connectivity index (χ4n) is 1.99. The van der Waals surface area contributed by atoms with Gasteiger partial charge in [-0.15, -0.1) is 0 Å². The molecule has 0 atom stereocenters. The third-order valence-corrected chi connectivity index (χ3v) is 3.45. The number of benzene rings is 1. The SMILES string of the molecule is C/C(=C\CCCCc1ccc(C)cc1)COC(=O)C(C)C. The first-order valence-corrected chi connectivity index (χ1v) is 7.87. The molecule has 2 heteroatoms. The van der Waals surface area contributed by atoms with Crippen molar-refractivity contribution in [2.45, 2.75) is 53.4 Å². The molecule has 0 aliphatic rings. The number of carbonyl (C=O) groups excluding carboxylic acids is 1. The summed E-state index contributed by atoms with van der Waals surface area (Å²) in [4.78, 5) is 11.4. The lowest BCUT2D eigenvalue weighted by atomic mass is 10.1. The Balaban J connectivity index is 2.16. The van der Waals surface area contributed by atoms with E-state index in [9.17, 15) is 4.79 Å². The molecule has 0 aliphatic carbocycles. The first kappa shape index (κ1) is 17.5. The van der Waals surface area contributed by atoms with Gasteiger partial charge in [-0.1, -0.05) is 49.8 Å². The Kier molecular flexibility index (Phi) is 7.81. The van der Waals surface area contributed by atoms with Crippen LogP contribution in [-0.2, 0) is 16.0 Å². The summed E-state index contributed by atoms with van der Waals surface area (Å²) in [5.41, 5.74) is 3.86. The predicted molar refractivity (Wildman–Crippen MR) is 88.3 cm³/mol. The minimum atomic E-state index is -0.123. The van der Waals surface area contributed by atoms with E-state index in [1.54, 1.807) is 0 Å². The summed E-state index contributed by atoms with van der Waals surface area (Å²) >= 11 is 0. The van der Waals surface area contributed by atoms with Crippen LogP contribution in [0.1, 0.15) is 51.2 Å².